The first kappa shape index (κ1) is 9.88. The van der Waals surface area contributed by atoms with Gasteiger partial charge in [0.15, 0.2) is 0 Å². The largest absolute Gasteiger partial charge is 0.338 e. The maximum absolute atomic E-state index is 8.78. The molecule has 0 amide bonds. The summed E-state index contributed by atoms with van der Waals surface area (Å²) in [4.78, 5) is 8.78. The van der Waals surface area contributed by atoms with Crippen LogP contribution in [0.2, 0.25) is 0 Å². The number of thiol groups is 1. The Hall–Kier alpha value is 0.880. The maximum atomic E-state index is 8.78. The van der Waals surface area contributed by atoms with Gasteiger partial charge in [0.1, 0.15) is 0 Å². The van der Waals surface area contributed by atoms with Gasteiger partial charge in [-0.3, -0.25) is 0 Å². The van der Waals surface area contributed by atoms with E-state index in [4.69, 9.17) is 9.42 Å². The molecule has 3 nitrogen and oxygen atoms in total. The van der Waals surface area contributed by atoms with E-state index in [9.17, 15) is 0 Å². The minimum absolute atomic E-state index is 0.410. The zero-order valence-corrected chi connectivity index (χ0v) is 7.68. The van der Waals surface area contributed by atoms with Crippen LogP contribution in [0.15, 0.2) is 0 Å². The minimum Gasteiger partial charge on any atom is -0.338 e. The molecule has 2 N–H and O–H groups in total. The predicted molar refractivity (Wildman–Crippen MR) is 45.4 cm³/mol. The van der Waals surface area contributed by atoms with E-state index in [1.54, 1.807) is 7.05 Å². The van der Waals surface area contributed by atoms with Gasteiger partial charge in [-0.1, -0.05) is 12.2 Å². The van der Waals surface area contributed by atoms with Crippen LogP contribution in [0.1, 0.15) is 0 Å². The molecule has 0 radical (unpaired) electrons. The van der Waals surface area contributed by atoms with Crippen molar-refractivity contribution >= 4 is 29.7 Å². The Kier molecular flexibility index (Phi) is 5.11. The summed E-state index contributed by atoms with van der Waals surface area (Å²) in [5.74, 6) is 0. The van der Waals surface area contributed by atoms with Gasteiger partial charge in [0, 0.05) is 6.54 Å². The highest BCUT2D eigenvalue weighted by molar-refractivity contribution is 8.59. The van der Waals surface area contributed by atoms with E-state index in [0.717, 1.165) is 0 Å². The molecular formula is C3H10NO2PS2. The van der Waals surface area contributed by atoms with Crippen LogP contribution < -0.4 is 5.32 Å². The molecule has 0 aromatic heterocycles. The lowest BCUT2D eigenvalue weighted by Crippen LogP contribution is -2.12. The zero-order chi connectivity index (χ0) is 7.33. The van der Waals surface area contributed by atoms with Crippen molar-refractivity contribution in [3.05, 3.63) is 0 Å². The van der Waals surface area contributed by atoms with Gasteiger partial charge in [0.25, 0.3) is 0 Å². The second kappa shape index (κ2) is 4.66. The topological polar surface area (TPSA) is 41.5 Å². The highest BCUT2D eigenvalue weighted by Crippen LogP contribution is 2.46. The molecule has 1 atom stereocenters. The summed E-state index contributed by atoms with van der Waals surface area (Å²) in [5.41, 5.74) is -2.71. The summed E-state index contributed by atoms with van der Waals surface area (Å²) < 4.78 is 4.75. The average Bonchev–Trinajstić information content (AvgIpc) is 1.63. The van der Waals surface area contributed by atoms with Gasteiger partial charge in [-0.15, -0.1) is 0 Å². The molecule has 0 fully saturated rings. The molecule has 0 saturated heterocycles. The van der Waals surface area contributed by atoms with Gasteiger partial charge in [0.05, 0.1) is 6.61 Å². The first-order valence-electron chi connectivity index (χ1n) is 2.41. The van der Waals surface area contributed by atoms with Crippen LogP contribution in [0.5, 0.6) is 0 Å². The fourth-order valence-electron chi connectivity index (χ4n) is 0.267. The fraction of sp³-hybridized carbons (Fsp3) is 1.00. The molecule has 9 heavy (non-hydrogen) atoms. The molecule has 0 rings (SSSR count). The highest BCUT2D eigenvalue weighted by atomic mass is 32.9. The summed E-state index contributed by atoms with van der Waals surface area (Å²) in [7, 11) is 1.79. The van der Waals surface area contributed by atoms with E-state index >= 15 is 0 Å². The SMILES string of the molecule is CNCCOP(O)(=S)S. The second-order valence-corrected chi connectivity index (χ2v) is 6.59. The van der Waals surface area contributed by atoms with Gasteiger partial charge in [-0.25, -0.2) is 0 Å². The quantitative estimate of drug-likeness (QED) is 0.338. The van der Waals surface area contributed by atoms with E-state index in [1.807, 2.05) is 0 Å². The van der Waals surface area contributed by atoms with Crippen molar-refractivity contribution in [2.45, 2.75) is 0 Å². The minimum atomic E-state index is -2.71. The lowest BCUT2D eigenvalue weighted by molar-refractivity contribution is 0.321. The Labute approximate surface area is 65.1 Å². The Morgan fingerprint density at radius 1 is 1.89 bits per heavy atom. The molecule has 56 valence electrons. The van der Waals surface area contributed by atoms with Gasteiger partial charge >= 0.3 is 0 Å². The standard InChI is InChI=1S/C3H10NO2PS2/c1-4-2-3-6-7(5,8)9/h4H,2-3H2,1H3,(H2,5,8,9). The molecular weight excluding hydrogens is 177 g/mol. The number of likely N-dealkylation sites (N-methyl/N-ethyl adjacent to an activating group) is 1. The Bertz CT molecular complexity index is 114. The third-order valence-electron chi connectivity index (χ3n) is 0.612. The molecule has 0 aromatic carbocycles. The van der Waals surface area contributed by atoms with E-state index in [1.165, 1.54) is 0 Å². The average molecular weight is 187 g/mol. The molecule has 0 bridgehead atoms. The lowest BCUT2D eigenvalue weighted by Gasteiger charge is -2.07. The number of hydrogen-bond acceptors (Lipinski definition) is 3. The molecule has 1 unspecified atom stereocenters. The van der Waals surface area contributed by atoms with Crippen molar-refractivity contribution in [2.75, 3.05) is 20.2 Å². The van der Waals surface area contributed by atoms with E-state index < -0.39 is 5.69 Å². The van der Waals surface area contributed by atoms with Gasteiger partial charge in [0.2, 0.25) is 5.69 Å². The van der Waals surface area contributed by atoms with Crippen molar-refractivity contribution in [3.63, 3.8) is 0 Å². The van der Waals surface area contributed by atoms with Gasteiger partial charge in [-0.2, -0.15) is 0 Å². The molecule has 0 spiro atoms. The zero-order valence-electron chi connectivity index (χ0n) is 5.07. The van der Waals surface area contributed by atoms with E-state index in [2.05, 4.69) is 29.4 Å². The first-order valence-corrected chi connectivity index (χ1v) is 6.23. The van der Waals surface area contributed by atoms with Crippen LogP contribution in [0, 0.1) is 0 Å². The van der Waals surface area contributed by atoms with Crippen molar-refractivity contribution in [2.24, 2.45) is 0 Å². The molecule has 0 aliphatic heterocycles. The Morgan fingerprint density at radius 2 is 2.44 bits per heavy atom. The summed E-state index contributed by atoms with van der Waals surface area (Å²) in [6.45, 7) is 1.09. The third-order valence-corrected chi connectivity index (χ3v) is 1.79. The number of hydrogen-bond donors (Lipinski definition) is 3. The van der Waals surface area contributed by atoms with E-state index in [0.29, 0.717) is 13.2 Å². The smallest absolute Gasteiger partial charge is 0.241 e. The normalized spacial score (nSPS) is 17.2. The first-order chi connectivity index (χ1) is 4.06. The molecule has 0 aliphatic carbocycles. The monoisotopic (exact) mass is 187 g/mol. The molecule has 0 heterocycles. The molecule has 0 saturated carbocycles. The predicted octanol–water partition coefficient (Wildman–Crippen LogP) is 0.369. The van der Waals surface area contributed by atoms with Crippen LogP contribution in [0.3, 0.4) is 0 Å². The maximum Gasteiger partial charge on any atom is 0.241 e. The van der Waals surface area contributed by atoms with Gasteiger partial charge in [-0.05, 0) is 18.9 Å². The fourth-order valence-corrected chi connectivity index (χ4v) is 1.06. The summed E-state index contributed by atoms with van der Waals surface area (Å²) in [6, 6.07) is 0. The summed E-state index contributed by atoms with van der Waals surface area (Å²) in [5, 5.41) is 2.84. The summed E-state index contributed by atoms with van der Waals surface area (Å²) >= 11 is 8.14. The van der Waals surface area contributed by atoms with Crippen LogP contribution in [-0.4, -0.2) is 25.1 Å². The molecule has 0 aromatic rings. The van der Waals surface area contributed by atoms with Crippen molar-refractivity contribution < 1.29 is 9.42 Å². The number of nitrogens with one attached hydrogen (secondary N) is 1. The van der Waals surface area contributed by atoms with E-state index in [-0.39, 0.29) is 0 Å². The van der Waals surface area contributed by atoms with Crippen LogP contribution in [-0.2, 0) is 16.3 Å². The third kappa shape index (κ3) is 8.88. The Balaban J connectivity index is 3.18. The second-order valence-electron chi connectivity index (χ2n) is 1.43. The highest BCUT2D eigenvalue weighted by Gasteiger charge is 2.03. The lowest BCUT2D eigenvalue weighted by atomic mass is 10.7. The van der Waals surface area contributed by atoms with Gasteiger partial charge < -0.3 is 14.7 Å². The van der Waals surface area contributed by atoms with Crippen LogP contribution >= 0.6 is 17.9 Å². The van der Waals surface area contributed by atoms with Crippen LogP contribution in [0.25, 0.3) is 0 Å². The summed E-state index contributed by atoms with van der Waals surface area (Å²) in [6.07, 6.45) is 0. The van der Waals surface area contributed by atoms with Crippen molar-refractivity contribution in [3.8, 4) is 0 Å². The Morgan fingerprint density at radius 3 is 2.78 bits per heavy atom. The van der Waals surface area contributed by atoms with Crippen molar-refractivity contribution in [1.82, 2.24) is 5.32 Å². The van der Waals surface area contributed by atoms with Crippen molar-refractivity contribution in [1.29, 1.82) is 0 Å². The number of rotatable bonds is 4. The molecule has 6 heteroatoms. The molecule has 0 aliphatic rings. The van der Waals surface area contributed by atoms with Crippen LogP contribution in [0.4, 0.5) is 0 Å².